The summed E-state index contributed by atoms with van der Waals surface area (Å²) in [7, 11) is 1.54. The molecule has 1 unspecified atom stereocenters. The highest BCUT2D eigenvalue weighted by atomic mass is 16.5. The molecule has 1 heterocycles. The average molecular weight is 482 g/mol. The van der Waals surface area contributed by atoms with E-state index in [1.807, 2.05) is 12.1 Å². The summed E-state index contributed by atoms with van der Waals surface area (Å²) in [5, 5.41) is 11.7. The van der Waals surface area contributed by atoms with E-state index in [-0.39, 0.29) is 42.0 Å². The molecule has 0 spiro atoms. The molecular formula is C24H26N4O7. The molecule has 11 heteroatoms. The van der Waals surface area contributed by atoms with Gasteiger partial charge in [0.25, 0.3) is 5.91 Å². The maximum absolute atomic E-state index is 12.7. The minimum absolute atomic E-state index is 0.0864. The van der Waals surface area contributed by atoms with Crippen molar-refractivity contribution in [3.63, 3.8) is 0 Å². The van der Waals surface area contributed by atoms with E-state index in [0.717, 1.165) is 0 Å². The van der Waals surface area contributed by atoms with Crippen molar-refractivity contribution in [3.8, 4) is 17.2 Å². The molecule has 0 saturated heterocycles. The van der Waals surface area contributed by atoms with Gasteiger partial charge in [0.15, 0.2) is 18.3 Å². The number of ketones is 1. The number of carbonyl (C=O) groups is 3. The third kappa shape index (κ3) is 6.73. The number of ether oxygens (including phenoxy) is 3. The molecule has 184 valence electrons. The number of para-hydroxylation sites is 1. The number of carboxylic acids is 1. The number of allylic oxidation sites excluding steroid dienone is 1. The number of aliphatic imine (C=N–C) groups is 1. The molecule has 11 nitrogen and oxygen atoms in total. The molecule has 0 radical (unpaired) electrons. The number of methoxy groups -OCH3 is 1. The van der Waals surface area contributed by atoms with Gasteiger partial charge < -0.3 is 36.1 Å². The second-order valence-corrected chi connectivity index (χ2v) is 7.54. The molecule has 0 aliphatic carbocycles. The number of hydrogen-bond donors (Lipinski definition) is 4. The summed E-state index contributed by atoms with van der Waals surface area (Å²) in [5.41, 5.74) is 11.5. The number of nitrogens with one attached hydrogen (secondary N) is 1. The molecule has 0 aromatic heterocycles. The monoisotopic (exact) mass is 482 g/mol. The van der Waals surface area contributed by atoms with Gasteiger partial charge in [-0.15, -0.1) is 0 Å². The maximum atomic E-state index is 12.7. The molecule has 6 N–H and O–H groups in total. The molecule has 2 aromatic rings. The molecular weight excluding hydrogens is 456 g/mol. The summed E-state index contributed by atoms with van der Waals surface area (Å²) in [6, 6.07) is 10.7. The van der Waals surface area contributed by atoms with E-state index >= 15 is 0 Å². The third-order valence-corrected chi connectivity index (χ3v) is 5.02. The Morgan fingerprint density at radius 1 is 1.23 bits per heavy atom. The minimum atomic E-state index is -1.18. The Kier molecular flexibility index (Phi) is 8.28. The van der Waals surface area contributed by atoms with E-state index in [1.165, 1.54) is 25.3 Å². The van der Waals surface area contributed by atoms with Crippen molar-refractivity contribution < 1.29 is 33.7 Å². The standard InChI is InChI=1S/C24H26N4O7/c1-33-18-7-3-2-5-14(18)11-20-22(30)16-9-8-15(12-19(16)35-20)34-13-21(29)28-17(23(31)32)6-4-10-27-24(25)26/h2-3,5,7-9,11-12,17H,4,6,10,13H2,1H3,(H,28,29)(H,31,32)(H4,25,26,27). The fourth-order valence-electron chi connectivity index (χ4n) is 3.33. The van der Waals surface area contributed by atoms with E-state index in [9.17, 15) is 19.5 Å². The van der Waals surface area contributed by atoms with E-state index in [1.54, 1.807) is 18.2 Å². The van der Waals surface area contributed by atoms with Crippen LogP contribution in [0, 0.1) is 0 Å². The summed E-state index contributed by atoms with van der Waals surface area (Å²) < 4.78 is 16.5. The molecule has 0 bridgehead atoms. The van der Waals surface area contributed by atoms with Gasteiger partial charge in [0.2, 0.25) is 5.78 Å². The number of amides is 1. The number of carboxylic acid groups (broad SMARTS) is 1. The summed E-state index contributed by atoms with van der Waals surface area (Å²) in [6.07, 6.45) is 2.11. The van der Waals surface area contributed by atoms with Crippen LogP contribution in [-0.2, 0) is 9.59 Å². The van der Waals surface area contributed by atoms with Gasteiger partial charge >= 0.3 is 5.97 Å². The zero-order valence-electron chi connectivity index (χ0n) is 19.0. The van der Waals surface area contributed by atoms with Gasteiger partial charge in [-0.2, -0.15) is 0 Å². The highest BCUT2D eigenvalue weighted by Gasteiger charge is 2.28. The number of fused-ring (bicyclic) bond motifs is 1. The molecule has 0 fully saturated rings. The van der Waals surface area contributed by atoms with Crippen molar-refractivity contribution in [2.45, 2.75) is 18.9 Å². The molecule has 1 amide bonds. The Morgan fingerprint density at radius 3 is 2.71 bits per heavy atom. The lowest BCUT2D eigenvalue weighted by molar-refractivity contribution is -0.142. The van der Waals surface area contributed by atoms with E-state index in [4.69, 9.17) is 25.7 Å². The predicted octanol–water partition coefficient (Wildman–Crippen LogP) is 1.31. The van der Waals surface area contributed by atoms with Crippen LogP contribution in [0.15, 0.2) is 53.2 Å². The number of carbonyl (C=O) groups excluding carboxylic acids is 2. The number of rotatable bonds is 11. The molecule has 1 atom stereocenters. The van der Waals surface area contributed by atoms with Gasteiger partial charge in [-0.25, -0.2) is 4.79 Å². The van der Waals surface area contributed by atoms with Gasteiger partial charge in [0.1, 0.15) is 23.3 Å². The summed E-state index contributed by atoms with van der Waals surface area (Å²) in [6.45, 7) is -0.172. The smallest absolute Gasteiger partial charge is 0.326 e. The van der Waals surface area contributed by atoms with Crippen molar-refractivity contribution in [1.29, 1.82) is 0 Å². The Bertz CT molecular complexity index is 1170. The van der Waals surface area contributed by atoms with Crippen molar-refractivity contribution in [3.05, 3.63) is 59.4 Å². The zero-order chi connectivity index (χ0) is 25.4. The molecule has 35 heavy (non-hydrogen) atoms. The summed E-state index contributed by atoms with van der Waals surface area (Å²) in [4.78, 5) is 40.1. The van der Waals surface area contributed by atoms with Crippen molar-refractivity contribution in [1.82, 2.24) is 5.32 Å². The first-order chi connectivity index (χ1) is 16.8. The fourth-order valence-corrected chi connectivity index (χ4v) is 3.33. The van der Waals surface area contributed by atoms with Crippen LogP contribution in [-0.4, -0.2) is 55.0 Å². The van der Waals surface area contributed by atoms with Crippen molar-refractivity contribution in [2.75, 3.05) is 20.3 Å². The molecule has 0 saturated carbocycles. The highest BCUT2D eigenvalue weighted by molar-refractivity contribution is 6.14. The van der Waals surface area contributed by atoms with Gasteiger partial charge in [-0.05, 0) is 37.1 Å². The minimum Gasteiger partial charge on any atom is -0.496 e. The molecule has 1 aliphatic rings. The van der Waals surface area contributed by atoms with Gasteiger partial charge in [0, 0.05) is 18.2 Å². The second kappa shape index (κ2) is 11.5. The van der Waals surface area contributed by atoms with Crippen LogP contribution < -0.4 is 31.0 Å². The molecule has 2 aromatic carbocycles. The van der Waals surface area contributed by atoms with Crippen molar-refractivity contribution in [2.24, 2.45) is 16.5 Å². The topological polar surface area (TPSA) is 176 Å². The van der Waals surface area contributed by atoms with E-state index in [0.29, 0.717) is 23.3 Å². The lowest BCUT2D eigenvalue weighted by Gasteiger charge is -2.14. The third-order valence-electron chi connectivity index (χ3n) is 5.02. The van der Waals surface area contributed by atoms with Crippen LogP contribution in [0.25, 0.3) is 6.08 Å². The van der Waals surface area contributed by atoms with Gasteiger partial charge in [-0.3, -0.25) is 14.6 Å². The van der Waals surface area contributed by atoms with Crippen LogP contribution in [0.5, 0.6) is 17.2 Å². The summed E-state index contributed by atoms with van der Waals surface area (Å²) >= 11 is 0. The molecule has 3 rings (SSSR count). The first-order valence-electron chi connectivity index (χ1n) is 10.7. The Balaban J connectivity index is 1.59. The first kappa shape index (κ1) is 25.1. The van der Waals surface area contributed by atoms with Crippen molar-refractivity contribution >= 4 is 29.7 Å². The summed E-state index contributed by atoms with van der Waals surface area (Å²) in [5.74, 6) is -0.878. The number of benzene rings is 2. The number of nitrogens with two attached hydrogens (primary N) is 2. The largest absolute Gasteiger partial charge is 0.496 e. The quantitative estimate of drug-likeness (QED) is 0.159. The number of Topliss-reactive ketones (excluding diaryl/α,β-unsaturated/α-hetero) is 1. The number of nitrogens with zero attached hydrogens (tertiary/aromatic N) is 1. The van der Waals surface area contributed by atoms with Crippen LogP contribution in [0.1, 0.15) is 28.8 Å². The van der Waals surface area contributed by atoms with Crippen LogP contribution in [0.3, 0.4) is 0 Å². The van der Waals surface area contributed by atoms with Crippen LogP contribution >= 0.6 is 0 Å². The second-order valence-electron chi connectivity index (χ2n) is 7.54. The van der Waals surface area contributed by atoms with Crippen LogP contribution in [0.2, 0.25) is 0 Å². The first-order valence-corrected chi connectivity index (χ1v) is 10.7. The number of aliphatic carboxylic acids is 1. The molecule has 1 aliphatic heterocycles. The number of hydrogen-bond acceptors (Lipinski definition) is 7. The Morgan fingerprint density at radius 2 is 2.00 bits per heavy atom. The van der Waals surface area contributed by atoms with Gasteiger partial charge in [-0.1, -0.05) is 18.2 Å². The SMILES string of the molecule is COc1ccccc1C=C1Oc2cc(OCC(=O)NC(CCCN=C(N)N)C(=O)O)ccc2C1=O. The fraction of sp³-hybridized carbons (Fsp3) is 0.250. The lowest BCUT2D eigenvalue weighted by Crippen LogP contribution is -2.43. The Labute approximate surface area is 201 Å². The lowest BCUT2D eigenvalue weighted by atomic mass is 10.1. The highest BCUT2D eigenvalue weighted by Crippen LogP contribution is 2.35. The number of guanidine groups is 1. The normalized spacial score (nSPS) is 14.0. The van der Waals surface area contributed by atoms with E-state index < -0.39 is 24.5 Å². The van der Waals surface area contributed by atoms with Gasteiger partial charge in [0.05, 0.1) is 12.7 Å². The predicted molar refractivity (Wildman–Crippen MR) is 127 cm³/mol. The van der Waals surface area contributed by atoms with Crippen LogP contribution in [0.4, 0.5) is 0 Å². The Hall–Kier alpha value is -4.54. The van der Waals surface area contributed by atoms with E-state index in [2.05, 4.69) is 10.3 Å². The maximum Gasteiger partial charge on any atom is 0.326 e. The average Bonchev–Trinajstić information content (AvgIpc) is 3.14. The zero-order valence-corrected chi connectivity index (χ0v) is 19.0.